The molecule has 0 amide bonds. The maximum absolute atomic E-state index is 11.9. The first-order valence-corrected chi connectivity index (χ1v) is 5.93. The van der Waals surface area contributed by atoms with Crippen LogP contribution < -0.4 is 5.36 Å². The first-order valence-electron chi connectivity index (χ1n) is 5.93. The van der Waals surface area contributed by atoms with E-state index in [2.05, 4.69) is 0 Å². The van der Waals surface area contributed by atoms with Gasteiger partial charge in [-0.25, -0.2) is 4.79 Å². The first kappa shape index (κ1) is 13.6. The molecule has 0 aliphatic heterocycles. The van der Waals surface area contributed by atoms with Crippen LogP contribution in [0.15, 0.2) is 48.8 Å². The van der Waals surface area contributed by atoms with Gasteiger partial charge in [-0.3, -0.25) is 0 Å². The maximum atomic E-state index is 11.9. The average molecular weight is 270 g/mol. The van der Waals surface area contributed by atoms with Gasteiger partial charge < -0.3 is 19.8 Å². The molecule has 0 aliphatic carbocycles. The van der Waals surface area contributed by atoms with Crippen LogP contribution in [0.1, 0.15) is 5.56 Å². The van der Waals surface area contributed by atoms with Crippen LogP contribution >= 0.6 is 0 Å². The number of carbonyl (C=O) groups is 1. The Kier molecular flexibility index (Phi) is 4.00. The predicted molar refractivity (Wildman–Crippen MR) is 74.6 cm³/mol. The topological polar surface area (TPSA) is 75.3 Å². The summed E-state index contributed by atoms with van der Waals surface area (Å²) in [4.78, 5) is 11.9. The van der Waals surface area contributed by atoms with Crippen molar-refractivity contribution in [3.8, 4) is 5.75 Å². The molecular formula is C15H14N2O3. The van der Waals surface area contributed by atoms with Crippen LogP contribution in [-0.2, 0) is 9.53 Å². The lowest BCUT2D eigenvalue weighted by Crippen LogP contribution is -2.12. The van der Waals surface area contributed by atoms with Crippen LogP contribution in [0.4, 0.5) is 0 Å². The lowest BCUT2D eigenvalue weighted by molar-refractivity contribution is -0.134. The molecule has 0 bridgehead atoms. The second-order valence-electron chi connectivity index (χ2n) is 4.07. The minimum Gasteiger partial charge on any atom is -0.507 e. The van der Waals surface area contributed by atoms with Crippen molar-refractivity contribution in [3.63, 3.8) is 0 Å². The van der Waals surface area contributed by atoms with E-state index in [1.54, 1.807) is 42.7 Å². The minimum absolute atomic E-state index is 0.0756. The molecule has 2 rings (SSSR count). The maximum Gasteiger partial charge on any atom is 0.355 e. The Bertz CT molecular complexity index is 697. The summed E-state index contributed by atoms with van der Waals surface area (Å²) < 4.78 is 6.29. The molecule has 20 heavy (non-hydrogen) atoms. The quantitative estimate of drug-likeness (QED) is 0.660. The van der Waals surface area contributed by atoms with Crippen molar-refractivity contribution in [2.45, 2.75) is 0 Å². The number of aromatic hydroxyl groups is 1. The highest BCUT2D eigenvalue weighted by Crippen LogP contribution is 2.21. The molecule has 0 unspecified atom stereocenters. The number of pyridine rings is 1. The van der Waals surface area contributed by atoms with Crippen molar-refractivity contribution in [2.24, 2.45) is 0 Å². The van der Waals surface area contributed by atoms with Gasteiger partial charge in [-0.1, -0.05) is 18.2 Å². The summed E-state index contributed by atoms with van der Waals surface area (Å²) in [5.41, 5.74) is 0.754. The number of phenolic OH excluding ortho intramolecular Hbond substituents is 1. The Balaban J connectivity index is 2.53. The number of methoxy groups -OCH3 is 1. The summed E-state index contributed by atoms with van der Waals surface area (Å²) in [6, 6.07) is 9.81. The van der Waals surface area contributed by atoms with Crippen LogP contribution in [0.25, 0.3) is 11.8 Å². The Morgan fingerprint density at radius 3 is 2.50 bits per heavy atom. The highest BCUT2D eigenvalue weighted by molar-refractivity contribution is 6.15. The summed E-state index contributed by atoms with van der Waals surface area (Å²) in [5, 5.41) is 17.6. The van der Waals surface area contributed by atoms with Crippen molar-refractivity contribution >= 4 is 17.7 Å². The van der Waals surface area contributed by atoms with E-state index in [0.717, 1.165) is 0 Å². The number of ether oxygens (including phenoxy) is 1. The number of phenols is 1. The number of rotatable bonds is 3. The number of benzene rings is 1. The number of carbonyl (C=O) groups excluding carboxylic acids is 1. The van der Waals surface area contributed by atoms with Crippen molar-refractivity contribution < 1.29 is 14.6 Å². The number of hydrogen-bond donors (Lipinski definition) is 2. The van der Waals surface area contributed by atoms with E-state index >= 15 is 0 Å². The predicted octanol–water partition coefficient (Wildman–Crippen LogP) is 1.84. The highest BCUT2D eigenvalue weighted by atomic mass is 16.5. The second kappa shape index (κ2) is 5.88. The monoisotopic (exact) mass is 270 g/mol. The number of para-hydroxylation sites is 1. The fourth-order valence-corrected chi connectivity index (χ4v) is 1.69. The van der Waals surface area contributed by atoms with Crippen molar-refractivity contribution in [2.75, 3.05) is 7.11 Å². The largest absolute Gasteiger partial charge is 0.507 e. The van der Waals surface area contributed by atoms with Crippen LogP contribution in [0, 0.1) is 5.41 Å². The molecule has 5 heteroatoms. The molecule has 0 saturated heterocycles. The molecular weight excluding hydrogens is 256 g/mol. The Morgan fingerprint density at radius 1 is 1.25 bits per heavy atom. The van der Waals surface area contributed by atoms with E-state index in [-0.39, 0.29) is 11.4 Å². The molecule has 0 atom stereocenters. The molecule has 2 N–H and O–H groups in total. The van der Waals surface area contributed by atoms with Crippen LogP contribution in [0.2, 0.25) is 0 Å². The standard InChI is InChI=1S/C15H14N2O3/c1-20-15(19)13(17-8-6-12(16)7-9-17)10-11-4-2-3-5-14(11)18/h2-10,16,18H,1H3/b13-10+. The van der Waals surface area contributed by atoms with Gasteiger partial charge in [-0.15, -0.1) is 0 Å². The van der Waals surface area contributed by atoms with Crippen LogP contribution in [0.3, 0.4) is 0 Å². The molecule has 1 aromatic carbocycles. The van der Waals surface area contributed by atoms with Gasteiger partial charge in [0.15, 0.2) is 0 Å². The second-order valence-corrected chi connectivity index (χ2v) is 4.07. The average Bonchev–Trinajstić information content (AvgIpc) is 2.47. The van der Waals surface area contributed by atoms with Crippen molar-refractivity contribution in [3.05, 3.63) is 59.7 Å². The van der Waals surface area contributed by atoms with Gasteiger partial charge in [0, 0.05) is 18.0 Å². The van der Waals surface area contributed by atoms with Gasteiger partial charge >= 0.3 is 5.97 Å². The van der Waals surface area contributed by atoms with Gasteiger partial charge in [0.2, 0.25) is 0 Å². The number of nitrogens with zero attached hydrogens (tertiary/aromatic N) is 1. The zero-order valence-corrected chi connectivity index (χ0v) is 10.9. The van der Waals surface area contributed by atoms with E-state index in [1.165, 1.54) is 23.8 Å². The molecule has 0 radical (unpaired) electrons. The summed E-state index contributed by atoms with van der Waals surface area (Å²) in [7, 11) is 1.29. The molecule has 2 aromatic rings. The minimum atomic E-state index is -0.531. The molecule has 5 nitrogen and oxygen atoms in total. The van der Waals surface area contributed by atoms with Gasteiger partial charge in [0.1, 0.15) is 11.4 Å². The molecule has 0 saturated carbocycles. The van der Waals surface area contributed by atoms with E-state index in [4.69, 9.17) is 10.1 Å². The summed E-state index contributed by atoms with van der Waals surface area (Å²) in [5.74, 6) is -0.456. The fraction of sp³-hybridized carbons (Fsp3) is 0.0667. The third kappa shape index (κ3) is 2.95. The van der Waals surface area contributed by atoms with Gasteiger partial charge in [0.05, 0.1) is 12.5 Å². The van der Waals surface area contributed by atoms with Gasteiger partial charge in [0.25, 0.3) is 0 Å². The van der Waals surface area contributed by atoms with Crippen LogP contribution in [-0.4, -0.2) is 22.8 Å². The lowest BCUT2D eigenvalue weighted by atomic mass is 10.1. The number of esters is 1. The lowest BCUT2D eigenvalue weighted by Gasteiger charge is -2.10. The Labute approximate surface area is 115 Å². The molecule has 0 fully saturated rings. The molecule has 0 spiro atoms. The number of aromatic nitrogens is 1. The molecule has 1 aromatic heterocycles. The summed E-state index contributed by atoms with van der Waals surface area (Å²) in [6.45, 7) is 0. The SMILES string of the molecule is COC(=O)/C(=C\c1ccccc1O)n1ccc(=N)cc1. The summed E-state index contributed by atoms with van der Waals surface area (Å²) >= 11 is 0. The smallest absolute Gasteiger partial charge is 0.355 e. The Morgan fingerprint density at radius 2 is 1.90 bits per heavy atom. The van der Waals surface area contributed by atoms with Crippen molar-refractivity contribution in [1.29, 1.82) is 5.41 Å². The normalized spacial score (nSPS) is 11.2. The van der Waals surface area contributed by atoms with E-state index in [0.29, 0.717) is 10.9 Å². The molecule has 1 heterocycles. The van der Waals surface area contributed by atoms with Gasteiger partial charge in [-0.05, 0) is 24.3 Å². The van der Waals surface area contributed by atoms with E-state index in [1.807, 2.05) is 0 Å². The zero-order valence-electron chi connectivity index (χ0n) is 10.9. The molecule has 102 valence electrons. The third-order valence-electron chi connectivity index (χ3n) is 2.73. The number of nitrogens with one attached hydrogen (secondary N) is 1. The fourth-order valence-electron chi connectivity index (χ4n) is 1.69. The third-order valence-corrected chi connectivity index (χ3v) is 2.73. The van der Waals surface area contributed by atoms with E-state index < -0.39 is 5.97 Å². The van der Waals surface area contributed by atoms with Crippen molar-refractivity contribution in [1.82, 2.24) is 4.57 Å². The Hall–Kier alpha value is -2.82. The van der Waals surface area contributed by atoms with Crippen LogP contribution in [0.5, 0.6) is 5.75 Å². The van der Waals surface area contributed by atoms with E-state index in [9.17, 15) is 9.90 Å². The summed E-state index contributed by atoms with van der Waals surface area (Å²) in [6.07, 6.45) is 4.71. The zero-order chi connectivity index (χ0) is 14.5. The van der Waals surface area contributed by atoms with Gasteiger partial charge in [-0.2, -0.15) is 0 Å². The molecule has 0 aliphatic rings. The highest BCUT2D eigenvalue weighted by Gasteiger charge is 2.12. The first-order chi connectivity index (χ1) is 9.61. The number of hydrogen-bond acceptors (Lipinski definition) is 4.